The normalized spacial score (nSPS) is 14.0. The van der Waals surface area contributed by atoms with Gasteiger partial charge in [0.05, 0.1) is 16.8 Å². The predicted octanol–water partition coefficient (Wildman–Crippen LogP) is 13.8. The largest absolute Gasteiger partial charge is 0.228 e. The molecular weight excluding hydrogens is 701 g/mol. The van der Waals surface area contributed by atoms with Gasteiger partial charge in [0.15, 0.2) is 5.82 Å². The van der Waals surface area contributed by atoms with E-state index in [0.717, 1.165) is 45.0 Å². The van der Waals surface area contributed by atoms with Crippen molar-refractivity contribution >= 4 is 0 Å². The van der Waals surface area contributed by atoms with Crippen molar-refractivity contribution in [3.8, 4) is 67.3 Å². The molecule has 2 aliphatic rings. The van der Waals surface area contributed by atoms with E-state index in [1.807, 2.05) is 24.3 Å². The smallest absolute Gasteiger partial charge is 0.160 e. The molecule has 0 N–H and O–H groups in total. The Labute approximate surface area is 340 Å². The molecule has 2 aliphatic carbocycles. The minimum atomic E-state index is -0.380. The lowest BCUT2D eigenvalue weighted by molar-refractivity contribution is 0.563. The van der Waals surface area contributed by atoms with Gasteiger partial charge in [-0.25, -0.2) is 9.97 Å². The van der Waals surface area contributed by atoms with E-state index in [4.69, 9.17) is 9.97 Å². The summed E-state index contributed by atoms with van der Waals surface area (Å²) in [5.74, 6) is 0.718. The quantitative estimate of drug-likeness (QED) is 0.176. The van der Waals surface area contributed by atoms with Crippen LogP contribution in [0, 0.1) is 0 Å². The van der Waals surface area contributed by atoms with E-state index in [2.05, 4.69) is 196 Å². The molecule has 0 unspecified atom stereocenters. The van der Waals surface area contributed by atoms with Gasteiger partial charge in [0, 0.05) is 22.1 Å². The van der Waals surface area contributed by atoms with E-state index >= 15 is 0 Å². The summed E-state index contributed by atoms with van der Waals surface area (Å²) in [6.45, 7) is 4.75. The van der Waals surface area contributed by atoms with E-state index in [0.29, 0.717) is 0 Å². The lowest BCUT2D eigenvalue weighted by atomic mass is 9.55. The number of fused-ring (bicyclic) bond motifs is 9. The van der Waals surface area contributed by atoms with E-state index in [1.165, 1.54) is 55.6 Å². The molecule has 0 atom stereocenters. The molecule has 0 amide bonds. The van der Waals surface area contributed by atoms with Gasteiger partial charge in [-0.1, -0.05) is 202 Å². The third-order valence-corrected chi connectivity index (χ3v) is 12.6. The van der Waals surface area contributed by atoms with Crippen LogP contribution in [0.1, 0.15) is 47.2 Å². The molecule has 58 heavy (non-hydrogen) atoms. The molecule has 1 heterocycles. The first-order valence-corrected chi connectivity index (χ1v) is 20.2. The molecule has 0 radical (unpaired) electrons. The maximum Gasteiger partial charge on any atom is 0.160 e. The molecule has 1 aromatic heterocycles. The van der Waals surface area contributed by atoms with Crippen LogP contribution in [0.4, 0.5) is 0 Å². The average molecular weight is 741 g/mol. The van der Waals surface area contributed by atoms with Crippen molar-refractivity contribution in [2.45, 2.75) is 24.7 Å². The third kappa shape index (κ3) is 5.18. The summed E-state index contributed by atoms with van der Waals surface area (Å²) in [4.78, 5) is 10.1. The van der Waals surface area contributed by atoms with Crippen LogP contribution in [0.3, 0.4) is 0 Å². The minimum absolute atomic E-state index is 0.109. The van der Waals surface area contributed by atoms with Crippen molar-refractivity contribution in [1.82, 2.24) is 9.97 Å². The first kappa shape index (κ1) is 34.1. The van der Waals surface area contributed by atoms with Crippen LogP contribution in [-0.4, -0.2) is 9.97 Å². The lowest BCUT2D eigenvalue weighted by Crippen LogP contribution is -2.40. The Balaban J connectivity index is 0.979. The van der Waals surface area contributed by atoms with Gasteiger partial charge in [0.2, 0.25) is 0 Å². The van der Waals surface area contributed by atoms with Crippen LogP contribution in [0.5, 0.6) is 0 Å². The molecular formula is C56H40N2. The fourth-order valence-electron chi connectivity index (χ4n) is 9.83. The van der Waals surface area contributed by atoms with Gasteiger partial charge in [-0.3, -0.25) is 0 Å². The number of hydrogen-bond donors (Lipinski definition) is 0. The van der Waals surface area contributed by atoms with Crippen LogP contribution < -0.4 is 0 Å². The maximum atomic E-state index is 5.08. The zero-order valence-electron chi connectivity index (χ0n) is 32.5. The second-order valence-electron chi connectivity index (χ2n) is 16.1. The number of benzene rings is 8. The Morgan fingerprint density at radius 1 is 0.293 bits per heavy atom. The first-order valence-electron chi connectivity index (χ1n) is 20.2. The van der Waals surface area contributed by atoms with Gasteiger partial charge in [0.25, 0.3) is 0 Å². The van der Waals surface area contributed by atoms with Gasteiger partial charge in [0.1, 0.15) is 0 Å². The maximum absolute atomic E-state index is 5.08. The monoisotopic (exact) mass is 740 g/mol. The molecule has 11 rings (SSSR count). The van der Waals surface area contributed by atoms with Crippen molar-refractivity contribution in [3.63, 3.8) is 0 Å². The summed E-state index contributed by atoms with van der Waals surface area (Å²) in [6, 6.07) is 74.9. The Kier molecular flexibility index (Phi) is 7.78. The van der Waals surface area contributed by atoms with Crippen molar-refractivity contribution in [2.75, 3.05) is 0 Å². The lowest BCUT2D eigenvalue weighted by Gasteiger charge is -2.46. The topological polar surface area (TPSA) is 25.8 Å². The highest BCUT2D eigenvalue weighted by Crippen LogP contribution is 2.62. The van der Waals surface area contributed by atoms with Crippen molar-refractivity contribution in [1.29, 1.82) is 0 Å². The standard InChI is InChI=1S/C56H40N2/c1-55(2)48-24-11-13-26-50(48)56(51-27-14-12-25-49(51)55)46-23-10-9-22-44(46)45-35-42(32-33-47(45)56)38-30-28-37(29-31-38)41-20-15-21-43(34-41)53-36-52(39-16-5-3-6-17-39)57-54(58-53)40-18-7-4-8-19-40/h3-36H,1-2H3. The van der Waals surface area contributed by atoms with E-state index in [-0.39, 0.29) is 10.8 Å². The molecule has 0 aliphatic heterocycles. The van der Waals surface area contributed by atoms with Crippen LogP contribution in [0.25, 0.3) is 67.3 Å². The van der Waals surface area contributed by atoms with Crippen LogP contribution >= 0.6 is 0 Å². The zero-order valence-corrected chi connectivity index (χ0v) is 32.5. The molecule has 0 saturated carbocycles. The molecule has 1 spiro atoms. The molecule has 2 heteroatoms. The third-order valence-electron chi connectivity index (χ3n) is 12.6. The number of rotatable bonds is 5. The second-order valence-corrected chi connectivity index (χ2v) is 16.1. The summed E-state index contributed by atoms with van der Waals surface area (Å²) >= 11 is 0. The second kappa shape index (κ2) is 13.2. The summed E-state index contributed by atoms with van der Waals surface area (Å²) in [6.07, 6.45) is 0. The molecule has 0 bridgehead atoms. The van der Waals surface area contributed by atoms with E-state index in [1.54, 1.807) is 0 Å². The van der Waals surface area contributed by atoms with Gasteiger partial charge < -0.3 is 0 Å². The molecule has 0 saturated heterocycles. The summed E-state index contributed by atoms with van der Waals surface area (Å²) < 4.78 is 0. The predicted molar refractivity (Wildman–Crippen MR) is 239 cm³/mol. The van der Waals surface area contributed by atoms with Gasteiger partial charge >= 0.3 is 0 Å². The fourth-order valence-corrected chi connectivity index (χ4v) is 9.83. The Hall–Kier alpha value is -7.16. The molecule has 0 fully saturated rings. The van der Waals surface area contributed by atoms with Crippen LogP contribution in [0.15, 0.2) is 206 Å². The SMILES string of the molecule is CC1(C)c2ccccc2C2(c3ccccc3-c3cc(-c4ccc(-c5cccc(-c6cc(-c7ccccc7)nc(-c7ccccc7)n6)c5)cc4)ccc32)c2ccccc21. The molecule has 2 nitrogen and oxygen atoms in total. The fraction of sp³-hybridized carbons (Fsp3) is 0.0714. The van der Waals surface area contributed by atoms with Crippen LogP contribution in [-0.2, 0) is 10.8 Å². The average Bonchev–Trinajstić information content (AvgIpc) is 3.59. The Morgan fingerprint density at radius 3 is 1.38 bits per heavy atom. The van der Waals surface area contributed by atoms with Crippen molar-refractivity contribution in [3.05, 3.63) is 240 Å². The Morgan fingerprint density at radius 2 is 0.741 bits per heavy atom. The minimum Gasteiger partial charge on any atom is -0.228 e. The van der Waals surface area contributed by atoms with Crippen molar-refractivity contribution < 1.29 is 0 Å². The van der Waals surface area contributed by atoms with Crippen LogP contribution in [0.2, 0.25) is 0 Å². The number of nitrogens with zero attached hydrogens (tertiary/aromatic N) is 2. The highest BCUT2D eigenvalue weighted by atomic mass is 14.9. The molecule has 8 aromatic carbocycles. The van der Waals surface area contributed by atoms with Crippen molar-refractivity contribution in [2.24, 2.45) is 0 Å². The van der Waals surface area contributed by atoms with Gasteiger partial charge in [-0.2, -0.15) is 0 Å². The summed E-state index contributed by atoms with van der Waals surface area (Å²) in [5.41, 5.74) is 20.1. The van der Waals surface area contributed by atoms with Gasteiger partial charge in [-0.15, -0.1) is 0 Å². The highest BCUT2D eigenvalue weighted by molar-refractivity contribution is 5.91. The molecule has 9 aromatic rings. The summed E-state index contributed by atoms with van der Waals surface area (Å²) in [5, 5.41) is 0. The molecule has 274 valence electrons. The Bertz CT molecular complexity index is 2910. The van der Waals surface area contributed by atoms with Gasteiger partial charge in [-0.05, 0) is 85.0 Å². The van der Waals surface area contributed by atoms with E-state index < -0.39 is 0 Å². The number of aromatic nitrogens is 2. The highest BCUT2D eigenvalue weighted by Gasteiger charge is 2.53. The zero-order chi connectivity index (χ0) is 38.8. The summed E-state index contributed by atoms with van der Waals surface area (Å²) in [7, 11) is 0. The first-order chi connectivity index (χ1) is 28.5. The number of hydrogen-bond acceptors (Lipinski definition) is 2. The van der Waals surface area contributed by atoms with E-state index in [9.17, 15) is 0 Å².